The third-order valence-electron chi connectivity index (χ3n) is 1.88. The number of rotatable bonds is 1. The Bertz CT molecular complexity index is 402. The number of hydrogen-bond acceptors (Lipinski definition) is 2. The van der Waals surface area contributed by atoms with Gasteiger partial charge in [0, 0.05) is 0 Å². The number of aromatic carboxylic acids is 1. The summed E-state index contributed by atoms with van der Waals surface area (Å²) in [6, 6.07) is 5.81. The number of carboxylic acid groups (broad SMARTS) is 1. The number of benzene rings is 1. The fraction of sp³-hybridized carbons (Fsp3) is 0.533. The van der Waals surface area contributed by atoms with Crippen molar-refractivity contribution in [1.82, 2.24) is 0 Å². The monoisotopic (exact) mass is 300 g/mol. The van der Waals surface area contributed by atoms with Crippen molar-refractivity contribution >= 4 is 5.97 Å². The van der Waals surface area contributed by atoms with Crippen molar-refractivity contribution in [3.05, 3.63) is 29.8 Å². The van der Waals surface area contributed by atoms with Gasteiger partial charge in [0.2, 0.25) is 0 Å². The van der Waals surface area contributed by atoms with Gasteiger partial charge < -0.3 is 10.2 Å². The standard InChI is InChI=1S/C7H6O3.2C4H9.Ti/c8-6-4-2-1-3-5(6)7(9)10;2*1-4(2)3;/h1-4,8H,(H,9,10);2*1-3H3;. The van der Waals surface area contributed by atoms with Gasteiger partial charge in [-0.1, -0.05) is 12.1 Å². The van der Waals surface area contributed by atoms with Gasteiger partial charge in [0.15, 0.2) is 0 Å². The summed E-state index contributed by atoms with van der Waals surface area (Å²) in [7, 11) is 0. The zero-order valence-electron chi connectivity index (χ0n) is 12.6. The van der Waals surface area contributed by atoms with Crippen LogP contribution >= 0.6 is 0 Å². The van der Waals surface area contributed by atoms with Crippen LogP contribution in [0.3, 0.4) is 0 Å². The molecule has 0 aliphatic carbocycles. The maximum absolute atomic E-state index is 10.3. The average molecular weight is 300 g/mol. The first-order valence-corrected chi connectivity index (χ1v) is 7.79. The second kappa shape index (κ2) is 7.11. The summed E-state index contributed by atoms with van der Waals surface area (Å²) < 4.78 is 1.22. The van der Waals surface area contributed by atoms with Gasteiger partial charge >= 0.3 is 74.1 Å². The summed E-state index contributed by atoms with van der Waals surface area (Å²) in [5.74, 6) is -1.31. The van der Waals surface area contributed by atoms with Crippen molar-refractivity contribution in [3.8, 4) is 5.75 Å². The van der Waals surface area contributed by atoms with Crippen LogP contribution in [0.5, 0.6) is 5.75 Å². The third-order valence-corrected chi connectivity index (χ3v) is 4.23. The molecule has 0 saturated heterocycles. The molecule has 0 aromatic heterocycles. The largest absolute Gasteiger partial charge is 0.507 e. The van der Waals surface area contributed by atoms with Crippen LogP contribution in [0.1, 0.15) is 51.9 Å². The van der Waals surface area contributed by atoms with E-state index in [1.807, 2.05) is 0 Å². The topological polar surface area (TPSA) is 57.5 Å². The zero-order valence-corrected chi connectivity index (χ0v) is 14.2. The molecular formula is C15H24O3Ti. The molecule has 0 radical (unpaired) electrons. The first-order valence-electron chi connectivity index (χ1n) is 6.23. The van der Waals surface area contributed by atoms with Crippen molar-refractivity contribution in [1.29, 1.82) is 0 Å². The summed E-state index contributed by atoms with van der Waals surface area (Å²) in [6.07, 6.45) is 0. The Labute approximate surface area is 125 Å². The van der Waals surface area contributed by atoms with Gasteiger partial charge in [0.25, 0.3) is 0 Å². The fourth-order valence-electron chi connectivity index (χ4n) is 1.78. The Kier molecular flexibility index (Phi) is 6.81. The van der Waals surface area contributed by atoms with E-state index in [4.69, 9.17) is 10.2 Å². The number of carbonyl (C=O) groups is 1. The minimum Gasteiger partial charge on any atom is -0.507 e. The second-order valence-electron chi connectivity index (χ2n) is 6.45. The number of carboxylic acids is 1. The molecule has 0 heterocycles. The Morgan fingerprint density at radius 3 is 1.63 bits per heavy atom. The van der Waals surface area contributed by atoms with Gasteiger partial charge in [-0.15, -0.1) is 0 Å². The molecule has 3 nitrogen and oxygen atoms in total. The molecule has 0 aliphatic heterocycles. The average Bonchev–Trinajstić information content (AvgIpc) is 2.12. The fourth-order valence-corrected chi connectivity index (χ4v) is 5.29. The molecule has 1 rings (SSSR count). The van der Waals surface area contributed by atoms with E-state index >= 15 is 0 Å². The molecule has 1 aromatic carbocycles. The summed E-state index contributed by atoms with van der Waals surface area (Å²) in [5, 5.41) is 17.3. The van der Waals surface area contributed by atoms with Crippen LogP contribution in [-0.4, -0.2) is 16.2 Å². The van der Waals surface area contributed by atoms with E-state index in [9.17, 15) is 4.79 Å². The van der Waals surface area contributed by atoms with Crippen molar-refractivity contribution in [2.45, 2.75) is 49.0 Å². The molecule has 0 amide bonds. The molecular weight excluding hydrogens is 276 g/mol. The van der Waals surface area contributed by atoms with E-state index in [2.05, 4.69) is 41.5 Å². The summed E-state index contributed by atoms with van der Waals surface area (Å²) in [6.45, 7) is 14.1. The van der Waals surface area contributed by atoms with E-state index in [1.54, 1.807) is 12.1 Å². The van der Waals surface area contributed by atoms with Crippen molar-refractivity contribution in [3.63, 3.8) is 0 Å². The molecule has 0 atom stereocenters. The molecule has 2 N–H and O–H groups in total. The van der Waals surface area contributed by atoms with Crippen LogP contribution in [-0.2, 0) is 19.2 Å². The minimum absolute atomic E-state index is 0.0671. The van der Waals surface area contributed by atoms with Crippen LogP contribution in [0.15, 0.2) is 24.3 Å². The van der Waals surface area contributed by atoms with Gasteiger partial charge in [-0.05, 0) is 12.1 Å². The molecule has 0 bridgehead atoms. The van der Waals surface area contributed by atoms with E-state index in [1.165, 1.54) is 12.1 Å². The molecule has 19 heavy (non-hydrogen) atoms. The third kappa shape index (κ3) is 9.74. The van der Waals surface area contributed by atoms with Gasteiger partial charge in [-0.25, -0.2) is 4.79 Å². The maximum atomic E-state index is 10.3. The number of para-hydroxylation sites is 1. The van der Waals surface area contributed by atoms with Crippen molar-refractivity contribution in [2.24, 2.45) is 0 Å². The van der Waals surface area contributed by atoms with E-state index in [0.717, 1.165) is 0 Å². The van der Waals surface area contributed by atoms with E-state index < -0.39 is 5.97 Å². The Morgan fingerprint density at radius 1 is 1.00 bits per heavy atom. The van der Waals surface area contributed by atoms with Crippen molar-refractivity contribution in [2.75, 3.05) is 0 Å². The normalized spacial score (nSPS) is 11.3. The van der Waals surface area contributed by atoms with Crippen LogP contribution in [0.4, 0.5) is 0 Å². The van der Waals surface area contributed by atoms with Gasteiger partial charge in [0.1, 0.15) is 11.3 Å². The molecule has 0 saturated carbocycles. The molecule has 4 heteroatoms. The van der Waals surface area contributed by atoms with Crippen LogP contribution in [0.25, 0.3) is 0 Å². The van der Waals surface area contributed by atoms with Crippen LogP contribution in [0.2, 0.25) is 7.44 Å². The van der Waals surface area contributed by atoms with E-state index in [-0.39, 0.29) is 30.5 Å². The summed E-state index contributed by atoms with van der Waals surface area (Å²) in [4.78, 5) is 10.3. The number of phenols is 1. The van der Waals surface area contributed by atoms with Gasteiger partial charge in [-0.3, -0.25) is 0 Å². The predicted octanol–water partition coefficient (Wildman–Crippen LogP) is 4.60. The summed E-state index contributed by atoms with van der Waals surface area (Å²) >= 11 is 0.208. The van der Waals surface area contributed by atoms with Crippen LogP contribution < -0.4 is 0 Å². The number of aromatic hydroxyl groups is 1. The second-order valence-corrected chi connectivity index (χ2v) is 11.5. The van der Waals surface area contributed by atoms with Gasteiger partial charge in [-0.2, -0.15) is 0 Å². The maximum Gasteiger partial charge on any atom is 0.339 e. The van der Waals surface area contributed by atoms with E-state index in [0.29, 0.717) is 7.44 Å². The molecule has 0 fully saturated rings. The quantitative estimate of drug-likeness (QED) is 0.745. The first kappa shape index (κ1) is 18.2. The Morgan fingerprint density at radius 2 is 1.42 bits per heavy atom. The summed E-state index contributed by atoms with van der Waals surface area (Å²) in [5.41, 5.74) is -0.0671. The molecule has 0 unspecified atom stereocenters. The minimum atomic E-state index is -1.11. The predicted molar refractivity (Wildman–Crippen MR) is 74.5 cm³/mol. The molecule has 0 aliphatic rings. The number of hydrogen-bond donors (Lipinski definition) is 2. The van der Waals surface area contributed by atoms with Crippen molar-refractivity contribution < 1.29 is 34.2 Å². The first-order chi connectivity index (χ1) is 8.42. The molecule has 106 valence electrons. The Hall–Kier alpha value is -0.796. The molecule has 0 spiro atoms. The SMILES string of the molecule is C[C](C)(C)[Ti][C](C)(C)C.O=C(O)c1ccccc1O. The smallest absolute Gasteiger partial charge is 0.339 e. The zero-order chi connectivity index (χ0) is 15.3. The Balaban J connectivity index is 0.000000344. The van der Waals surface area contributed by atoms with Gasteiger partial charge in [0.05, 0.1) is 0 Å². The van der Waals surface area contributed by atoms with Crippen LogP contribution in [0, 0.1) is 0 Å². The molecule has 1 aromatic rings.